The predicted molar refractivity (Wildman–Crippen MR) is 75.4 cm³/mol. The minimum atomic E-state index is -0.678. The molecule has 1 heterocycles. The Bertz CT molecular complexity index is 543. The Morgan fingerprint density at radius 3 is 2.85 bits per heavy atom. The van der Waals surface area contributed by atoms with Crippen molar-refractivity contribution in [3.63, 3.8) is 0 Å². The molecule has 2 rings (SSSR count). The summed E-state index contributed by atoms with van der Waals surface area (Å²) in [6, 6.07) is 6.69. The Kier molecular flexibility index (Phi) is 5.10. The number of anilines is 1. The van der Waals surface area contributed by atoms with E-state index in [4.69, 9.17) is 10.5 Å². The third kappa shape index (κ3) is 4.05. The van der Waals surface area contributed by atoms with Crippen molar-refractivity contribution < 1.29 is 9.53 Å². The molecule has 106 valence electrons. The lowest BCUT2D eigenvalue weighted by Gasteiger charge is -2.11. The van der Waals surface area contributed by atoms with Crippen molar-refractivity contribution in [3.05, 3.63) is 30.6 Å². The van der Waals surface area contributed by atoms with Crippen LogP contribution < -0.4 is 11.1 Å². The molecule has 0 bridgehead atoms. The summed E-state index contributed by atoms with van der Waals surface area (Å²) in [5, 5.41) is 9.97. The summed E-state index contributed by atoms with van der Waals surface area (Å²) in [6.07, 6.45) is 1.45. The van der Waals surface area contributed by atoms with Gasteiger partial charge in [0.25, 0.3) is 0 Å². The van der Waals surface area contributed by atoms with Crippen LogP contribution in [0.2, 0.25) is 0 Å². The first-order chi connectivity index (χ1) is 9.69. The predicted octanol–water partition coefficient (Wildman–Crippen LogP) is 0.868. The number of nitrogens with one attached hydrogen (secondary N) is 2. The van der Waals surface area contributed by atoms with Crippen LogP contribution in [0.5, 0.6) is 0 Å². The molecular weight excluding hydrogens is 278 g/mol. The normalized spacial score (nSPS) is 12.1. The topological polar surface area (TPSA) is 106 Å². The number of aromatic nitrogens is 3. The highest BCUT2D eigenvalue weighted by molar-refractivity contribution is 7.99. The van der Waals surface area contributed by atoms with Crippen LogP contribution in [-0.2, 0) is 9.53 Å². The van der Waals surface area contributed by atoms with Crippen molar-refractivity contribution in [1.82, 2.24) is 15.2 Å². The summed E-state index contributed by atoms with van der Waals surface area (Å²) in [6.45, 7) is 0.186. The molecule has 4 N–H and O–H groups in total. The van der Waals surface area contributed by atoms with Gasteiger partial charge in [-0.15, -0.1) is 0 Å². The minimum absolute atomic E-state index is 0.186. The molecule has 8 heteroatoms. The highest BCUT2D eigenvalue weighted by Crippen LogP contribution is 2.25. The fourth-order valence-electron chi connectivity index (χ4n) is 1.45. The van der Waals surface area contributed by atoms with E-state index in [-0.39, 0.29) is 12.5 Å². The fourth-order valence-corrected chi connectivity index (χ4v) is 2.15. The van der Waals surface area contributed by atoms with Crippen LogP contribution in [0.25, 0.3) is 0 Å². The number of H-pyrrole nitrogens is 1. The second-order valence-corrected chi connectivity index (χ2v) is 5.03. The van der Waals surface area contributed by atoms with Crippen molar-refractivity contribution in [2.24, 2.45) is 5.73 Å². The van der Waals surface area contributed by atoms with E-state index in [2.05, 4.69) is 20.5 Å². The van der Waals surface area contributed by atoms with Crippen LogP contribution >= 0.6 is 11.8 Å². The van der Waals surface area contributed by atoms with Crippen molar-refractivity contribution >= 4 is 23.4 Å². The van der Waals surface area contributed by atoms with Gasteiger partial charge in [0.1, 0.15) is 12.4 Å². The summed E-state index contributed by atoms with van der Waals surface area (Å²) >= 11 is 1.45. The zero-order valence-corrected chi connectivity index (χ0v) is 11.7. The molecule has 0 spiro atoms. The van der Waals surface area contributed by atoms with Gasteiger partial charge >= 0.3 is 0 Å². The van der Waals surface area contributed by atoms with Gasteiger partial charge in [0, 0.05) is 17.7 Å². The van der Waals surface area contributed by atoms with E-state index in [1.807, 2.05) is 12.1 Å². The lowest BCUT2D eigenvalue weighted by molar-refractivity contribution is -0.118. The largest absolute Gasteiger partial charge is 0.383 e. The van der Waals surface area contributed by atoms with Crippen LogP contribution in [0, 0.1) is 0 Å². The summed E-state index contributed by atoms with van der Waals surface area (Å²) in [5.74, 6) is -0.275. The quantitative estimate of drug-likeness (QED) is 0.729. The van der Waals surface area contributed by atoms with Gasteiger partial charge in [0.15, 0.2) is 5.16 Å². The van der Waals surface area contributed by atoms with E-state index in [1.54, 1.807) is 12.1 Å². The van der Waals surface area contributed by atoms with Gasteiger partial charge in [-0.05, 0) is 24.3 Å². The molecule has 2 aromatic rings. The number of hydrogen-bond acceptors (Lipinski definition) is 6. The molecule has 7 nitrogen and oxygen atoms in total. The zero-order chi connectivity index (χ0) is 14.4. The number of carbonyl (C=O) groups excluding carboxylic acids is 1. The van der Waals surface area contributed by atoms with E-state index >= 15 is 0 Å². The Morgan fingerprint density at radius 2 is 2.25 bits per heavy atom. The van der Waals surface area contributed by atoms with E-state index in [1.165, 1.54) is 25.2 Å². The number of benzene rings is 1. The molecule has 20 heavy (non-hydrogen) atoms. The van der Waals surface area contributed by atoms with Gasteiger partial charge in [0.2, 0.25) is 5.91 Å². The third-order valence-electron chi connectivity index (χ3n) is 2.41. The molecule has 0 aliphatic rings. The lowest BCUT2D eigenvalue weighted by atomic mass is 10.2. The Balaban J connectivity index is 1.93. The monoisotopic (exact) mass is 293 g/mol. The molecule has 1 aromatic heterocycles. The van der Waals surface area contributed by atoms with Gasteiger partial charge in [-0.25, -0.2) is 4.98 Å². The molecular formula is C12H15N5O2S. The first-order valence-corrected chi connectivity index (χ1v) is 6.69. The number of rotatable bonds is 6. The van der Waals surface area contributed by atoms with Crippen molar-refractivity contribution in [2.45, 2.75) is 16.1 Å². The Morgan fingerprint density at radius 1 is 1.50 bits per heavy atom. The van der Waals surface area contributed by atoms with Crippen LogP contribution in [0.1, 0.15) is 0 Å². The summed E-state index contributed by atoms with van der Waals surface area (Å²) in [7, 11) is 1.50. The number of carbonyl (C=O) groups is 1. The highest BCUT2D eigenvalue weighted by atomic mass is 32.2. The minimum Gasteiger partial charge on any atom is -0.383 e. The van der Waals surface area contributed by atoms with E-state index in [0.717, 1.165) is 4.90 Å². The second kappa shape index (κ2) is 7.04. The molecule has 0 radical (unpaired) electrons. The molecule has 1 unspecified atom stereocenters. The van der Waals surface area contributed by atoms with Crippen LogP contribution in [0.3, 0.4) is 0 Å². The highest BCUT2D eigenvalue weighted by Gasteiger charge is 2.12. The van der Waals surface area contributed by atoms with E-state index in [0.29, 0.717) is 10.8 Å². The molecule has 0 aliphatic carbocycles. The SMILES string of the molecule is COCC(N)C(=O)Nc1ccc(Sc2ncn[nH]2)cc1. The first-order valence-electron chi connectivity index (χ1n) is 5.87. The molecule has 0 aliphatic heterocycles. The Hall–Kier alpha value is -1.90. The average Bonchev–Trinajstić information content (AvgIpc) is 2.94. The van der Waals surface area contributed by atoms with Crippen LogP contribution in [0.15, 0.2) is 40.6 Å². The maximum atomic E-state index is 11.7. The lowest BCUT2D eigenvalue weighted by Crippen LogP contribution is -2.39. The molecule has 1 amide bonds. The molecule has 1 atom stereocenters. The Labute approximate surface area is 120 Å². The standard InChI is InChI=1S/C12H15N5O2S/c1-19-6-10(13)11(18)16-8-2-4-9(5-3-8)20-12-14-7-15-17-12/h2-5,7,10H,6,13H2,1H3,(H,16,18)(H,14,15,17). The molecule has 0 saturated heterocycles. The van der Waals surface area contributed by atoms with E-state index < -0.39 is 6.04 Å². The number of nitrogens with zero attached hydrogens (tertiary/aromatic N) is 2. The number of hydrogen-bond donors (Lipinski definition) is 3. The number of amides is 1. The van der Waals surface area contributed by atoms with Gasteiger partial charge < -0.3 is 15.8 Å². The summed E-state index contributed by atoms with van der Waals surface area (Å²) in [5.41, 5.74) is 6.32. The fraction of sp³-hybridized carbons (Fsp3) is 0.250. The maximum Gasteiger partial charge on any atom is 0.243 e. The molecule has 1 aromatic carbocycles. The van der Waals surface area contributed by atoms with E-state index in [9.17, 15) is 4.79 Å². The third-order valence-corrected chi connectivity index (χ3v) is 3.31. The second-order valence-electron chi connectivity index (χ2n) is 3.97. The van der Waals surface area contributed by atoms with Gasteiger partial charge in [-0.1, -0.05) is 11.8 Å². The molecule has 0 fully saturated rings. The van der Waals surface area contributed by atoms with Crippen LogP contribution in [-0.4, -0.2) is 40.8 Å². The average molecular weight is 293 g/mol. The van der Waals surface area contributed by atoms with Gasteiger partial charge in [-0.2, -0.15) is 5.10 Å². The number of aromatic amines is 1. The first kappa shape index (κ1) is 14.5. The van der Waals surface area contributed by atoms with Gasteiger partial charge in [-0.3, -0.25) is 9.89 Å². The molecule has 0 saturated carbocycles. The van der Waals surface area contributed by atoms with Crippen molar-refractivity contribution in [2.75, 3.05) is 19.0 Å². The van der Waals surface area contributed by atoms with Crippen LogP contribution in [0.4, 0.5) is 5.69 Å². The maximum absolute atomic E-state index is 11.7. The van der Waals surface area contributed by atoms with Crippen molar-refractivity contribution in [3.8, 4) is 0 Å². The number of ether oxygens (including phenoxy) is 1. The zero-order valence-electron chi connectivity index (χ0n) is 10.9. The number of methoxy groups -OCH3 is 1. The summed E-state index contributed by atoms with van der Waals surface area (Å²) < 4.78 is 4.83. The van der Waals surface area contributed by atoms with Gasteiger partial charge in [0.05, 0.1) is 6.61 Å². The number of nitrogens with two attached hydrogens (primary N) is 1. The smallest absolute Gasteiger partial charge is 0.243 e. The van der Waals surface area contributed by atoms with Crippen molar-refractivity contribution in [1.29, 1.82) is 0 Å². The summed E-state index contributed by atoms with van der Waals surface area (Å²) in [4.78, 5) is 16.7.